The minimum atomic E-state index is -0.888. The fourth-order valence-electron chi connectivity index (χ4n) is 3.44. The summed E-state index contributed by atoms with van der Waals surface area (Å²) in [5, 5.41) is 0.758. The van der Waals surface area contributed by atoms with Crippen LogP contribution in [-0.2, 0) is 0 Å². The van der Waals surface area contributed by atoms with Crippen molar-refractivity contribution in [2.45, 2.75) is 0 Å². The van der Waals surface area contributed by atoms with Crippen molar-refractivity contribution < 1.29 is 13.6 Å². The van der Waals surface area contributed by atoms with Gasteiger partial charge in [-0.15, -0.1) is 0 Å². The van der Waals surface area contributed by atoms with Crippen LogP contribution >= 0.6 is 0 Å². The van der Waals surface area contributed by atoms with Crippen molar-refractivity contribution in [1.82, 2.24) is 9.66 Å². The van der Waals surface area contributed by atoms with E-state index in [0.717, 1.165) is 4.68 Å². The molecule has 0 aliphatic heterocycles. The summed E-state index contributed by atoms with van der Waals surface area (Å²) in [5.74, 6) is -1.62. The van der Waals surface area contributed by atoms with Crippen LogP contribution in [0, 0.1) is 5.82 Å². The Morgan fingerprint density at radius 2 is 1.66 bits per heavy atom. The van der Waals surface area contributed by atoms with E-state index in [2.05, 4.69) is 10.4 Å². The molecule has 0 spiro atoms. The first-order valence-electron chi connectivity index (χ1n) is 9.64. The molecule has 0 aliphatic rings. The van der Waals surface area contributed by atoms with Crippen LogP contribution in [0.3, 0.4) is 0 Å². The lowest BCUT2D eigenvalue weighted by Gasteiger charge is -2.15. The Labute approximate surface area is 179 Å². The van der Waals surface area contributed by atoms with Crippen LogP contribution in [0.25, 0.3) is 33.3 Å². The van der Waals surface area contributed by atoms with E-state index in [1.165, 1.54) is 24.3 Å². The molecule has 2 aromatic heterocycles. The quantitative estimate of drug-likeness (QED) is 0.443. The van der Waals surface area contributed by atoms with Crippen LogP contribution in [0.15, 0.2) is 92.9 Å². The molecule has 7 nitrogen and oxygen atoms in total. The van der Waals surface area contributed by atoms with Gasteiger partial charge >= 0.3 is 5.63 Å². The molecule has 5 aromatic rings. The summed E-state index contributed by atoms with van der Waals surface area (Å²) >= 11 is 0. The van der Waals surface area contributed by atoms with Crippen molar-refractivity contribution in [3.63, 3.8) is 0 Å². The molecule has 0 bridgehead atoms. The number of hydrogen-bond acceptors (Lipinski definition) is 5. The summed E-state index contributed by atoms with van der Waals surface area (Å²) in [7, 11) is 0. The summed E-state index contributed by atoms with van der Waals surface area (Å²) in [4.78, 5) is 42.9. The second-order valence-corrected chi connectivity index (χ2v) is 7.00. The van der Waals surface area contributed by atoms with Crippen molar-refractivity contribution in [2.75, 3.05) is 5.43 Å². The van der Waals surface area contributed by atoms with Crippen molar-refractivity contribution in [3.8, 4) is 11.4 Å². The highest BCUT2D eigenvalue weighted by Gasteiger charge is 2.20. The molecule has 32 heavy (non-hydrogen) atoms. The third-order valence-electron chi connectivity index (χ3n) is 4.99. The molecule has 0 atom stereocenters. The van der Waals surface area contributed by atoms with Gasteiger partial charge in [0.05, 0.1) is 16.5 Å². The molecule has 0 fully saturated rings. The fraction of sp³-hybridized carbons (Fsp3) is 0. The van der Waals surface area contributed by atoms with Gasteiger partial charge in [0.15, 0.2) is 5.82 Å². The minimum absolute atomic E-state index is 0.0150. The number of halogens is 1. The lowest BCUT2D eigenvalue weighted by Crippen LogP contribution is -2.36. The van der Waals surface area contributed by atoms with E-state index in [0.29, 0.717) is 16.5 Å². The lowest BCUT2D eigenvalue weighted by molar-refractivity contribution is 0.100. The largest absolute Gasteiger partial charge is 0.422 e. The molecule has 8 heteroatoms. The third kappa shape index (κ3) is 3.24. The Balaban J connectivity index is 1.69. The van der Waals surface area contributed by atoms with E-state index >= 15 is 0 Å². The number of nitrogens with one attached hydrogen (secondary N) is 1. The Kier molecular flexibility index (Phi) is 4.59. The molecular formula is C24H14FN3O4. The maximum Gasteiger partial charge on any atom is 0.349 e. The van der Waals surface area contributed by atoms with Crippen molar-refractivity contribution in [3.05, 3.63) is 111 Å². The lowest BCUT2D eigenvalue weighted by atomic mass is 10.1. The monoisotopic (exact) mass is 427 g/mol. The van der Waals surface area contributed by atoms with Crippen LogP contribution in [0.1, 0.15) is 10.4 Å². The van der Waals surface area contributed by atoms with Gasteiger partial charge in [-0.2, -0.15) is 4.68 Å². The zero-order chi connectivity index (χ0) is 22.2. The molecule has 3 aromatic carbocycles. The first kappa shape index (κ1) is 19.4. The molecular weight excluding hydrogens is 413 g/mol. The number of nitrogens with zero attached hydrogens (tertiary/aromatic N) is 2. The normalized spacial score (nSPS) is 11.0. The molecule has 0 saturated carbocycles. The number of para-hydroxylation sites is 2. The summed E-state index contributed by atoms with van der Waals surface area (Å²) in [6.45, 7) is 0. The summed E-state index contributed by atoms with van der Waals surface area (Å²) in [5.41, 5.74) is 1.29. The van der Waals surface area contributed by atoms with Crippen LogP contribution in [0.2, 0.25) is 0 Å². The van der Waals surface area contributed by atoms with Crippen LogP contribution in [-0.4, -0.2) is 15.6 Å². The van der Waals surface area contributed by atoms with Crippen molar-refractivity contribution in [2.24, 2.45) is 0 Å². The van der Waals surface area contributed by atoms with Crippen LogP contribution in [0.4, 0.5) is 4.39 Å². The number of hydrogen-bond donors (Lipinski definition) is 1. The molecule has 2 heterocycles. The summed E-state index contributed by atoms with van der Waals surface area (Å²) < 4.78 is 20.6. The van der Waals surface area contributed by atoms with Gasteiger partial charge in [-0.05, 0) is 36.4 Å². The zero-order valence-electron chi connectivity index (χ0n) is 16.4. The highest BCUT2D eigenvalue weighted by molar-refractivity contribution is 6.02. The topological polar surface area (TPSA) is 94.2 Å². The average Bonchev–Trinajstić information content (AvgIpc) is 2.80. The maximum atomic E-state index is 14.6. The predicted octanol–water partition coefficient (Wildman–Crippen LogP) is 3.69. The first-order chi connectivity index (χ1) is 15.5. The summed E-state index contributed by atoms with van der Waals surface area (Å²) in [6, 6.07) is 20.4. The van der Waals surface area contributed by atoms with E-state index in [4.69, 9.17) is 4.42 Å². The molecule has 1 amide bonds. The standard InChI is InChI=1S/C24H14FN3O4/c25-18-10-4-2-8-15(18)21-26-19-11-5-3-9-16(19)23(30)28(21)27-22(29)17-13-14-7-1-6-12-20(14)32-24(17)31/h1-13H,(H,27,29). The fourth-order valence-corrected chi connectivity index (χ4v) is 3.44. The molecule has 0 radical (unpaired) electrons. The van der Waals surface area contributed by atoms with E-state index in [1.54, 1.807) is 54.6 Å². The van der Waals surface area contributed by atoms with E-state index in [1.807, 2.05) is 0 Å². The number of carbonyl (C=O) groups is 1. The molecule has 0 aliphatic carbocycles. The Bertz CT molecular complexity index is 1640. The maximum absolute atomic E-state index is 14.6. The molecule has 1 N–H and O–H groups in total. The van der Waals surface area contributed by atoms with Gasteiger partial charge in [0.25, 0.3) is 11.5 Å². The molecule has 0 saturated heterocycles. The SMILES string of the molecule is O=C(Nn1c(-c2ccccc2F)nc2ccccc2c1=O)c1cc2ccccc2oc1=O. The van der Waals surface area contributed by atoms with Gasteiger partial charge in [0.2, 0.25) is 0 Å². The van der Waals surface area contributed by atoms with E-state index in [-0.39, 0.29) is 22.3 Å². The number of carbonyl (C=O) groups excluding carboxylic acids is 1. The van der Waals surface area contributed by atoms with Crippen molar-refractivity contribution in [1.29, 1.82) is 0 Å². The number of rotatable bonds is 3. The molecule has 5 rings (SSSR count). The van der Waals surface area contributed by atoms with Gasteiger partial charge in [-0.3, -0.25) is 15.0 Å². The van der Waals surface area contributed by atoms with Gasteiger partial charge in [-0.25, -0.2) is 14.2 Å². The van der Waals surface area contributed by atoms with E-state index < -0.39 is 22.9 Å². The second-order valence-electron chi connectivity index (χ2n) is 7.00. The van der Waals surface area contributed by atoms with Gasteiger partial charge in [-0.1, -0.05) is 42.5 Å². The van der Waals surface area contributed by atoms with Gasteiger partial charge < -0.3 is 4.42 Å². The molecule has 0 unspecified atom stereocenters. The second kappa shape index (κ2) is 7.59. The van der Waals surface area contributed by atoms with Crippen LogP contribution in [0.5, 0.6) is 0 Å². The molecule has 156 valence electrons. The van der Waals surface area contributed by atoms with Crippen molar-refractivity contribution >= 4 is 27.8 Å². The van der Waals surface area contributed by atoms with E-state index in [9.17, 15) is 18.8 Å². The Morgan fingerprint density at radius 3 is 2.50 bits per heavy atom. The smallest absolute Gasteiger partial charge is 0.349 e. The van der Waals surface area contributed by atoms with Gasteiger partial charge in [0.1, 0.15) is 17.0 Å². The predicted molar refractivity (Wildman–Crippen MR) is 118 cm³/mol. The highest BCUT2D eigenvalue weighted by Crippen LogP contribution is 2.21. The highest BCUT2D eigenvalue weighted by atomic mass is 19.1. The number of fused-ring (bicyclic) bond motifs is 2. The van der Waals surface area contributed by atoms with Gasteiger partial charge in [0, 0.05) is 5.39 Å². The first-order valence-corrected chi connectivity index (χ1v) is 9.64. The Morgan fingerprint density at radius 1 is 0.938 bits per heavy atom. The minimum Gasteiger partial charge on any atom is -0.422 e. The average molecular weight is 427 g/mol. The number of aromatic nitrogens is 2. The number of benzene rings is 3. The summed E-state index contributed by atoms with van der Waals surface area (Å²) in [6.07, 6.45) is 0. The van der Waals surface area contributed by atoms with Crippen LogP contribution < -0.4 is 16.6 Å². The Hall–Kier alpha value is -4.59. The zero-order valence-corrected chi connectivity index (χ0v) is 16.4. The third-order valence-corrected chi connectivity index (χ3v) is 4.99. The number of amides is 1.